The number of sulfonamides is 2. The van der Waals surface area contributed by atoms with E-state index in [9.17, 15) is 16.8 Å². The highest BCUT2D eigenvalue weighted by Crippen LogP contribution is 2.49. The molecule has 0 aliphatic carbocycles. The number of hydrogen-bond donors (Lipinski definition) is 0. The third kappa shape index (κ3) is 6.14. The van der Waals surface area contributed by atoms with Gasteiger partial charge in [-0.1, -0.05) is 89.5 Å². The molecule has 0 spiro atoms. The molecule has 3 atom stereocenters. The lowest BCUT2D eigenvalue weighted by atomic mass is 9.84. The van der Waals surface area contributed by atoms with E-state index in [0.29, 0.717) is 28.5 Å². The van der Waals surface area contributed by atoms with Gasteiger partial charge in [-0.05, 0) is 74.7 Å². The smallest absolute Gasteiger partial charge is 0.244 e. The van der Waals surface area contributed by atoms with E-state index in [0.717, 1.165) is 16.7 Å². The SMILES string of the molecule is CCOC1=C2CN(S(=O)(=O)c3ccc(C)cc3)C(c3cccc(Cl)c3)CC2N(S(=O)(=O)c2ccc(C)cc2)C(c2ccccc2)C1. The lowest BCUT2D eigenvalue weighted by Crippen LogP contribution is -2.54. The van der Waals surface area contributed by atoms with Crippen molar-refractivity contribution in [1.82, 2.24) is 8.61 Å². The van der Waals surface area contributed by atoms with E-state index < -0.39 is 38.2 Å². The van der Waals surface area contributed by atoms with Crippen LogP contribution in [0.5, 0.6) is 0 Å². The molecule has 0 N–H and O–H groups in total. The largest absolute Gasteiger partial charge is 0.498 e. The van der Waals surface area contributed by atoms with Gasteiger partial charge in [-0.25, -0.2) is 16.8 Å². The number of hydrogen-bond acceptors (Lipinski definition) is 5. The van der Waals surface area contributed by atoms with Crippen molar-refractivity contribution in [2.75, 3.05) is 13.2 Å². The average molecular weight is 677 g/mol. The molecule has 7 nitrogen and oxygen atoms in total. The van der Waals surface area contributed by atoms with Gasteiger partial charge in [0.2, 0.25) is 20.0 Å². The molecule has 4 aromatic carbocycles. The highest BCUT2D eigenvalue weighted by atomic mass is 35.5. The number of nitrogens with zero attached hydrogens (tertiary/aromatic N) is 2. The first-order valence-electron chi connectivity index (χ1n) is 15.3. The Kier molecular flexibility index (Phi) is 9.15. The Morgan fingerprint density at radius 1 is 0.717 bits per heavy atom. The number of ether oxygens (including phenoxy) is 1. The average Bonchev–Trinajstić information content (AvgIpc) is 3.05. The summed E-state index contributed by atoms with van der Waals surface area (Å²) >= 11 is 6.46. The Hall–Kier alpha value is -3.47. The number of rotatable bonds is 8. The molecule has 2 heterocycles. The summed E-state index contributed by atoms with van der Waals surface area (Å²) in [5.74, 6) is 0.630. The topological polar surface area (TPSA) is 84.0 Å². The monoisotopic (exact) mass is 676 g/mol. The zero-order chi connectivity index (χ0) is 32.6. The van der Waals surface area contributed by atoms with Crippen LogP contribution in [0.4, 0.5) is 0 Å². The standard InChI is InChI=1S/C36H37ClN2O5S2/c1-4-44-36-23-34(27-9-6-5-7-10-27)39(46(42,43)31-19-15-26(3)16-20-31)35-22-33(28-11-8-12-29(37)21-28)38(24-32(35)36)45(40,41)30-17-13-25(2)14-18-30/h5-21,33-35H,4,22-24H2,1-3H3. The Labute approximate surface area is 277 Å². The Bertz CT molecular complexity index is 1960. The van der Waals surface area contributed by atoms with Crippen molar-refractivity contribution < 1.29 is 21.6 Å². The number of fused-ring (bicyclic) bond motifs is 1. The highest BCUT2D eigenvalue weighted by Gasteiger charge is 2.51. The first-order chi connectivity index (χ1) is 22.0. The van der Waals surface area contributed by atoms with Gasteiger partial charge in [-0.2, -0.15) is 8.61 Å². The molecule has 1 fully saturated rings. The highest BCUT2D eigenvalue weighted by molar-refractivity contribution is 7.89. The van der Waals surface area contributed by atoms with E-state index >= 15 is 0 Å². The van der Waals surface area contributed by atoms with Crippen LogP contribution in [-0.4, -0.2) is 44.6 Å². The zero-order valence-corrected chi connectivity index (χ0v) is 28.4. The van der Waals surface area contributed by atoms with Gasteiger partial charge in [-0.3, -0.25) is 0 Å². The van der Waals surface area contributed by atoms with Crippen LogP contribution >= 0.6 is 11.6 Å². The molecule has 6 rings (SSSR count). The Balaban J connectivity index is 1.57. The molecule has 0 amide bonds. The van der Waals surface area contributed by atoms with Crippen molar-refractivity contribution in [1.29, 1.82) is 0 Å². The van der Waals surface area contributed by atoms with Crippen molar-refractivity contribution in [3.63, 3.8) is 0 Å². The van der Waals surface area contributed by atoms with Crippen LogP contribution in [-0.2, 0) is 24.8 Å². The molecule has 0 saturated carbocycles. The van der Waals surface area contributed by atoms with E-state index in [1.165, 1.54) is 4.31 Å². The molecule has 10 heteroatoms. The van der Waals surface area contributed by atoms with Crippen molar-refractivity contribution in [3.8, 4) is 0 Å². The quantitative estimate of drug-likeness (QED) is 0.192. The van der Waals surface area contributed by atoms with Gasteiger partial charge < -0.3 is 4.74 Å². The van der Waals surface area contributed by atoms with Gasteiger partial charge in [0.05, 0.1) is 40.3 Å². The van der Waals surface area contributed by atoms with E-state index in [1.54, 1.807) is 71.0 Å². The summed E-state index contributed by atoms with van der Waals surface area (Å²) in [4.78, 5) is 0.358. The van der Waals surface area contributed by atoms with Crippen LogP contribution in [0.25, 0.3) is 0 Å². The molecule has 3 unspecified atom stereocenters. The summed E-state index contributed by atoms with van der Waals surface area (Å²) < 4.78 is 67.6. The van der Waals surface area contributed by atoms with Crippen molar-refractivity contribution >= 4 is 31.6 Å². The van der Waals surface area contributed by atoms with Gasteiger partial charge in [0.25, 0.3) is 0 Å². The van der Waals surface area contributed by atoms with Gasteiger partial charge in [0.1, 0.15) is 0 Å². The molecule has 46 heavy (non-hydrogen) atoms. The molecule has 4 aromatic rings. The lowest BCUT2D eigenvalue weighted by molar-refractivity contribution is 0.118. The van der Waals surface area contributed by atoms with E-state index in [4.69, 9.17) is 16.3 Å². The number of benzene rings is 4. The molecular weight excluding hydrogens is 640 g/mol. The summed E-state index contributed by atoms with van der Waals surface area (Å²) in [7, 11) is -8.08. The molecule has 0 radical (unpaired) electrons. The summed E-state index contributed by atoms with van der Waals surface area (Å²) in [6.07, 6.45) is 0.445. The second kappa shape index (κ2) is 13.0. The number of aryl methyl sites for hydroxylation is 2. The predicted octanol–water partition coefficient (Wildman–Crippen LogP) is 7.59. The Morgan fingerprint density at radius 3 is 1.89 bits per heavy atom. The van der Waals surface area contributed by atoms with Crippen LogP contribution in [0.1, 0.15) is 54.1 Å². The van der Waals surface area contributed by atoms with E-state index in [2.05, 4.69) is 0 Å². The fourth-order valence-corrected chi connectivity index (χ4v) is 10.2. The van der Waals surface area contributed by atoms with E-state index in [-0.39, 0.29) is 29.2 Å². The summed E-state index contributed by atoms with van der Waals surface area (Å²) in [6.45, 7) is 6.03. The van der Waals surface area contributed by atoms with Gasteiger partial charge >= 0.3 is 0 Å². The van der Waals surface area contributed by atoms with Crippen LogP contribution in [0.3, 0.4) is 0 Å². The number of halogens is 1. The van der Waals surface area contributed by atoms with E-state index in [1.807, 2.05) is 57.2 Å². The molecule has 240 valence electrons. The minimum Gasteiger partial charge on any atom is -0.498 e. The maximum atomic E-state index is 14.7. The first kappa shape index (κ1) is 32.5. The third-order valence-electron chi connectivity index (χ3n) is 8.83. The van der Waals surface area contributed by atoms with Crippen LogP contribution in [0.15, 0.2) is 124 Å². The maximum absolute atomic E-state index is 14.7. The van der Waals surface area contributed by atoms with Gasteiger partial charge in [0.15, 0.2) is 0 Å². The summed E-state index contributed by atoms with van der Waals surface area (Å²) in [6, 6.07) is 28.4. The second-order valence-corrected chi connectivity index (χ2v) is 16.0. The van der Waals surface area contributed by atoms with Crippen molar-refractivity contribution in [2.45, 2.75) is 61.5 Å². The predicted molar refractivity (Wildman–Crippen MR) is 180 cm³/mol. The maximum Gasteiger partial charge on any atom is 0.244 e. The molecule has 2 aliphatic heterocycles. The van der Waals surface area contributed by atoms with Crippen LogP contribution in [0, 0.1) is 13.8 Å². The third-order valence-corrected chi connectivity index (χ3v) is 12.9. The molecule has 0 aromatic heterocycles. The Morgan fingerprint density at radius 2 is 1.30 bits per heavy atom. The van der Waals surface area contributed by atoms with Crippen LogP contribution in [0.2, 0.25) is 5.02 Å². The summed E-state index contributed by atoms with van der Waals surface area (Å²) in [5, 5.41) is 0.469. The first-order valence-corrected chi connectivity index (χ1v) is 18.6. The second-order valence-electron chi connectivity index (χ2n) is 11.8. The molecule has 2 aliphatic rings. The molecule has 1 saturated heterocycles. The molecular formula is C36H37ClN2O5S2. The minimum atomic E-state index is -4.06. The normalized spacial score (nSPS) is 21.2. The van der Waals surface area contributed by atoms with Crippen molar-refractivity contribution in [3.05, 3.63) is 142 Å². The van der Waals surface area contributed by atoms with Crippen molar-refractivity contribution in [2.24, 2.45) is 0 Å². The summed E-state index contributed by atoms with van der Waals surface area (Å²) in [5.41, 5.74) is 4.07. The van der Waals surface area contributed by atoms with Crippen LogP contribution < -0.4 is 0 Å². The molecule has 0 bridgehead atoms. The zero-order valence-electron chi connectivity index (χ0n) is 26.0. The van der Waals surface area contributed by atoms with Gasteiger partial charge in [0, 0.05) is 23.6 Å². The lowest BCUT2D eigenvalue weighted by Gasteiger charge is -2.49. The fourth-order valence-electron chi connectivity index (χ4n) is 6.55. The van der Waals surface area contributed by atoms with Gasteiger partial charge in [-0.15, -0.1) is 0 Å². The number of piperidine rings is 1. The fraction of sp³-hybridized carbons (Fsp3) is 0.278. The minimum absolute atomic E-state index is 0.0329.